The Balaban J connectivity index is 1.99. The first-order chi connectivity index (χ1) is 8.64. The average Bonchev–Trinajstić information content (AvgIpc) is 2.69. The largest absolute Gasteiger partial charge is 0.497 e. The Labute approximate surface area is 112 Å². The van der Waals surface area contributed by atoms with Crippen LogP contribution >= 0.6 is 11.8 Å². The van der Waals surface area contributed by atoms with Crippen LogP contribution in [-0.2, 0) is 0 Å². The Bertz CT molecular complexity index is 465. The number of benzene rings is 1. The monoisotopic (exact) mass is 265 g/mol. The smallest absolute Gasteiger partial charge is 0.128 e. The van der Waals surface area contributed by atoms with E-state index in [4.69, 9.17) is 15.2 Å². The molecule has 2 unspecified atom stereocenters. The summed E-state index contributed by atoms with van der Waals surface area (Å²) in [6, 6.07) is 6.01. The maximum atomic E-state index is 6.32. The summed E-state index contributed by atoms with van der Waals surface area (Å²) in [6.07, 6.45) is 2.00. The predicted octanol–water partition coefficient (Wildman–Crippen LogP) is 2.74. The first-order valence-corrected chi connectivity index (χ1v) is 7.44. The molecule has 18 heavy (non-hydrogen) atoms. The van der Waals surface area contributed by atoms with Crippen LogP contribution in [0.4, 0.5) is 0 Å². The van der Waals surface area contributed by atoms with Crippen molar-refractivity contribution >= 4 is 11.8 Å². The Morgan fingerprint density at radius 3 is 3.00 bits per heavy atom. The second-order valence-corrected chi connectivity index (χ2v) is 6.59. The first-order valence-electron chi connectivity index (χ1n) is 6.39. The van der Waals surface area contributed by atoms with Crippen LogP contribution < -0.4 is 15.2 Å². The Hall–Kier alpha value is -0.870. The van der Waals surface area contributed by atoms with Crippen LogP contribution in [0, 0.1) is 0 Å². The summed E-state index contributed by atoms with van der Waals surface area (Å²) >= 11 is 1.98. The van der Waals surface area contributed by atoms with Gasteiger partial charge in [-0.25, -0.2) is 0 Å². The Morgan fingerprint density at radius 2 is 2.33 bits per heavy atom. The van der Waals surface area contributed by atoms with Gasteiger partial charge in [-0.3, -0.25) is 0 Å². The van der Waals surface area contributed by atoms with Crippen molar-refractivity contribution in [2.75, 3.05) is 12.9 Å². The summed E-state index contributed by atoms with van der Waals surface area (Å²) in [7, 11) is 1.67. The van der Waals surface area contributed by atoms with Crippen molar-refractivity contribution < 1.29 is 9.47 Å². The molecule has 1 spiro atoms. The molecule has 2 aliphatic rings. The lowest BCUT2D eigenvalue weighted by atomic mass is 9.84. The fraction of sp³-hybridized carbons (Fsp3) is 0.571. The zero-order valence-electron chi connectivity index (χ0n) is 10.8. The molecule has 4 heteroatoms. The number of nitrogens with two attached hydrogens (primary N) is 1. The van der Waals surface area contributed by atoms with Crippen molar-refractivity contribution in [2.45, 2.75) is 36.7 Å². The molecule has 98 valence electrons. The van der Waals surface area contributed by atoms with E-state index in [9.17, 15) is 0 Å². The van der Waals surface area contributed by atoms with Gasteiger partial charge < -0.3 is 15.2 Å². The number of rotatable bonds is 1. The maximum absolute atomic E-state index is 6.32. The number of hydrogen-bond donors (Lipinski definition) is 1. The zero-order valence-corrected chi connectivity index (χ0v) is 11.6. The lowest BCUT2D eigenvalue weighted by molar-refractivity contribution is 0.0408. The van der Waals surface area contributed by atoms with E-state index in [-0.39, 0.29) is 11.6 Å². The van der Waals surface area contributed by atoms with Gasteiger partial charge in [0, 0.05) is 29.3 Å². The highest BCUT2D eigenvalue weighted by atomic mass is 32.2. The molecular formula is C14H19NO2S. The van der Waals surface area contributed by atoms with Crippen molar-refractivity contribution in [1.29, 1.82) is 0 Å². The number of methoxy groups -OCH3 is 1. The molecule has 2 aliphatic heterocycles. The van der Waals surface area contributed by atoms with E-state index in [0.717, 1.165) is 35.7 Å². The van der Waals surface area contributed by atoms with Crippen LogP contribution in [0.5, 0.6) is 11.5 Å². The van der Waals surface area contributed by atoms with Crippen molar-refractivity contribution in [3.63, 3.8) is 0 Å². The molecule has 1 fully saturated rings. The highest BCUT2D eigenvalue weighted by Crippen LogP contribution is 2.49. The molecular weight excluding hydrogens is 246 g/mol. The molecule has 3 atom stereocenters. The zero-order chi connectivity index (χ0) is 12.8. The molecule has 0 saturated carbocycles. The molecule has 1 saturated heterocycles. The third-order valence-electron chi connectivity index (χ3n) is 4.13. The summed E-state index contributed by atoms with van der Waals surface area (Å²) in [5.41, 5.74) is 7.35. The summed E-state index contributed by atoms with van der Waals surface area (Å²) in [4.78, 5) is 0. The van der Waals surface area contributed by atoms with Gasteiger partial charge in [-0.15, -0.1) is 0 Å². The van der Waals surface area contributed by atoms with Crippen molar-refractivity contribution in [2.24, 2.45) is 5.73 Å². The number of ether oxygens (including phenoxy) is 2. The number of fused-ring (bicyclic) bond motifs is 1. The Kier molecular flexibility index (Phi) is 2.94. The predicted molar refractivity (Wildman–Crippen MR) is 74.4 cm³/mol. The summed E-state index contributed by atoms with van der Waals surface area (Å²) in [5.74, 6) is 2.89. The van der Waals surface area contributed by atoms with Crippen molar-refractivity contribution in [1.82, 2.24) is 0 Å². The van der Waals surface area contributed by atoms with E-state index in [2.05, 4.69) is 6.92 Å². The Morgan fingerprint density at radius 1 is 1.50 bits per heavy atom. The van der Waals surface area contributed by atoms with Gasteiger partial charge in [-0.05, 0) is 25.2 Å². The standard InChI is InChI=1S/C14H19NO2S/c1-9-14(5-6-18-9)8-12(15)11-4-3-10(16-2)7-13(11)17-14/h3-4,7,9,12H,5-6,8,15H2,1-2H3/t9?,12-,14?/m0/s1. The lowest BCUT2D eigenvalue weighted by Gasteiger charge is -2.41. The van der Waals surface area contributed by atoms with E-state index in [0.29, 0.717) is 5.25 Å². The topological polar surface area (TPSA) is 44.5 Å². The molecule has 3 nitrogen and oxygen atoms in total. The SMILES string of the molecule is COc1ccc2c(c1)OC1(CCSC1C)C[C@@H]2N. The van der Waals surface area contributed by atoms with Crippen LogP contribution in [0.25, 0.3) is 0 Å². The third kappa shape index (κ3) is 1.79. The van der Waals surface area contributed by atoms with Gasteiger partial charge in [0.05, 0.1) is 7.11 Å². The van der Waals surface area contributed by atoms with E-state index < -0.39 is 0 Å². The van der Waals surface area contributed by atoms with Gasteiger partial charge >= 0.3 is 0 Å². The van der Waals surface area contributed by atoms with Crippen LogP contribution in [0.1, 0.15) is 31.4 Å². The fourth-order valence-electron chi connectivity index (χ4n) is 2.94. The van der Waals surface area contributed by atoms with Gasteiger partial charge in [0.2, 0.25) is 0 Å². The molecule has 0 radical (unpaired) electrons. The molecule has 1 aromatic rings. The van der Waals surface area contributed by atoms with Crippen molar-refractivity contribution in [3.05, 3.63) is 23.8 Å². The van der Waals surface area contributed by atoms with Gasteiger partial charge in [-0.2, -0.15) is 11.8 Å². The van der Waals surface area contributed by atoms with E-state index >= 15 is 0 Å². The normalized spacial score (nSPS) is 34.2. The summed E-state index contributed by atoms with van der Waals surface area (Å²) < 4.78 is 11.6. The van der Waals surface area contributed by atoms with Gasteiger partial charge in [-0.1, -0.05) is 6.07 Å². The summed E-state index contributed by atoms with van der Waals surface area (Å²) in [5, 5.41) is 0.503. The van der Waals surface area contributed by atoms with Gasteiger partial charge in [0.1, 0.15) is 17.1 Å². The highest BCUT2D eigenvalue weighted by Gasteiger charge is 2.47. The minimum absolute atomic E-state index is 0.0702. The molecule has 3 rings (SSSR count). The van der Waals surface area contributed by atoms with Crippen LogP contribution in [0.15, 0.2) is 18.2 Å². The number of hydrogen-bond acceptors (Lipinski definition) is 4. The number of thioether (sulfide) groups is 1. The lowest BCUT2D eigenvalue weighted by Crippen LogP contribution is -2.47. The average molecular weight is 265 g/mol. The van der Waals surface area contributed by atoms with Gasteiger partial charge in [0.15, 0.2) is 0 Å². The second-order valence-electron chi connectivity index (χ2n) is 5.14. The van der Waals surface area contributed by atoms with E-state index in [1.54, 1.807) is 7.11 Å². The van der Waals surface area contributed by atoms with E-state index in [1.165, 1.54) is 0 Å². The van der Waals surface area contributed by atoms with Gasteiger partial charge in [0.25, 0.3) is 0 Å². The molecule has 1 aromatic carbocycles. The first kappa shape index (κ1) is 12.2. The van der Waals surface area contributed by atoms with E-state index in [1.807, 2.05) is 30.0 Å². The van der Waals surface area contributed by atoms with Crippen LogP contribution in [0.3, 0.4) is 0 Å². The molecule has 0 bridgehead atoms. The highest BCUT2D eigenvalue weighted by molar-refractivity contribution is 8.00. The summed E-state index contributed by atoms with van der Waals surface area (Å²) in [6.45, 7) is 2.25. The van der Waals surface area contributed by atoms with Crippen LogP contribution in [-0.4, -0.2) is 23.7 Å². The van der Waals surface area contributed by atoms with Crippen molar-refractivity contribution in [3.8, 4) is 11.5 Å². The molecule has 0 amide bonds. The molecule has 2 heterocycles. The minimum Gasteiger partial charge on any atom is -0.497 e. The maximum Gasteiger partial charge on any atom is 0.128 e. The minimum atomic E-state index is -0.0799. The second kappa shape index (κ2) is 4.35. The molecule has 0 aromatic heterocycles. The molecule has 2 N–H and O–H groups in total. The van der Waals surface area contributed by atoms with Crippen LogP contribution in [0.2, 0.25) is 0 Å². The molecule has 0 aliphatic carbocycles. The fourth-order valence-corrected chi connectivity index (χ4v) is 4.33. The third-order valence-corrected chi connectivity index (χ3v) is 5.50. The quantitative estimate of drug-likeness (QED) is 0.848.